The van der Waals surface area contributed by atoms with Gasteiger partial charge >= 0.3 is 0 Å². The predicted molar refractivity (Wildman–Crippen MR) is 149 cm³/mol. The lowest BCUT2D eigenvalue weighted by Gasteiger charge is -2.20. The Morgan fingerprint density at radius 3 is 2.47 bits per heavy atom. The Kier molecular flexibility index (Phi) is 9.91. The van der Waals surface area contributed by atoms with E-state index in [-0.39, 0.29) is 0 Å². The van der Waals surface area contributed by atoms with Crippen LogP contribution in [-0.4, -0.2) is 30.7 Å². The summed E-state index contributed by atoms with van der Waals surface area (Å²) >= 11 is 1.73. The summed E-state index contributed by atoms with van der Waals surface area (Å²) in [5.41, 5.74) is 5.88. The van der Waals surface area contributed by atoms with Crippen LogP contribution in [0.2, 0.25) is 0 Å². The second-order valence-electron chi connectivity index (χ2n) is 8.84. The monoisotopic (exact) mass is 469 g/mol. The minimum Gasteiger partial charge on any atom is -0.366 e. The van der Waals surface area contributed by atoms with Gasteiger partial charge in [0, 0.05) is 20.2 Å². The Morgan fingerprint density at radius 2 is 1.76 bits per heavy atom. The molecule has 176 valence electrons. The van der Waals surface area contributed by atoms with Gasteiger partial charge in [0.1, 0.15) is 5.60 Å². The first kappa shape index (κ1) is 25.7. The number of methoxy groups -OCH3 is 1. The summed E-state index contributed by atoms with van der Waals surface area (Å²) in [6.45, 7) is 9.02. The molecule has 2 aromatic carbocycles. The smallest absolute Gasteiger partial charge is 0.123 e. The Bertz CT molecular complexity index is 1150. The molecule has 0 saturated carbocycles. The molecule has 3 heteroatoms. The fraction of sp³-hybridized carbons (Fsp3) is 0.290. The highest BCUT2D eigenvalue weighted by atomic mass is 32.1. The standard InChI is InChI=1S/C31H35NOS/c1-5-19-32(20-8-6-7-18-31(2,3)33-4)24-28-13-9-11-26(22-28)15-16-27-12-10-14-29(23-27)30-17-21-34-25-30/h6,8-17,21-23,25H,5,19-20,24H2,1-4H3. The predicted octanol–water partition coefficient (Wildman–Crippen LogP) is 7.78. The van der Waals surface area contributed by atoms with Crippen LogP contribution in [0.4, 0.5) is 0 Å². The van der Waals surface area contributed by atoms with Crippen molar-refractivity contribution in [3.05, 3.63) is 94.2 Å². The van der Waals surface area contributed by atoms with E-state index in [9.17, 15) is 0 Å². The lowest BCUT2D eigenvalue weighted by Crippen LogP contribution is -2.24. The maximum absolute atomic E-state index is 5.34. The van der Waals surface area contributed by atoms with Crippen molar-refractivity contribution in [1.29, 1.82) is 0 Å². The zero-order valence-electron chi connectivity index (χ0n) is 20.8. The Balaban J connectivity index is 1.64. The van der Waals surface area contributed by atoms with Crippen molar-refractivity contribution in [2.75, 3.05) is 20.2 Å². The molecule has 0 amide bonds. The maximum Gasteiger partial charge on any atom is 0.123 e. The third-order valence-corrected chi connectivity index (χ3v) is 6.24. The summed E-state index contributed by atoms with van der Waals surface area (Å²) < 4.78 is 5.34. The van der Waals surface area contributed by atoms with Crippen LogP contribution < -0.4 is 0 Å². The van der Waals surface area contributed by atoms with Gasteiger partial charge in [-0.25, -0.2) is 0 Å². The quantitative estimate of drug-likeness (QED) is 0.222. The average Bonchev–Trinajstić information content (AvgIpc) is 3.38. The second kappa shape index (κ2) is 13.1. The summed E-state index contributed by atoms with van der Waals surface area (Å²) in [5, 5.41) is 4.31. The molecular weight excluding hydrogens is 434 g/mol. The molecule has 3 aromatic rings. The van der Waals surface area contributed by atoms with E-state index in [1.807, 2.05) is 19.9 Å². The molecule has 34 heavy (non-hydrogen) atoms. The summed E-state index contributed by atoms with van der Waals surface area (Å²) in [6.07, 6.45) is 9.59. The number of benzene rings is 2. The van der Waals surface area contributed by atoms with Crippen molar-refractivity contribution in [2.45, 2.75) is 39.3 Å². The van der Waals surface area contributed by atoms with Crippen LogP contribution in [0.1, 0.15) is 43.9 Å². The fourth-order valence-electron chi connectivity index (χ4n) is 3.57. The first-order chi connectivity index (χ1) is 16.5. The molecule has 0 unspecified atom stereocenters. The lowest BCUT2D eigenvalue weighted by atomic mass is 10.0. The molecule has 0 aliphatic carbocycles. The molecule has 3 rings (SSSR count). The van der Waals surface area contributed by atoms with Crippen LogP contribution in [0, 0.1) is 11.8 Å². The van der Waals surface area contributed by atoms with Crippen molar-refractivity contribution in [2.24, 2.45) is 0 Å². The molecule has 1 aromatic heterocycles. The highest BCUT2D eigenvalue weighted by Crippen LogP contribution is 2.23. The first-order valence-corrected chi connectivity index (χ1v) is 12.8. The molecule has 0 fully saturated rings. The highest BCUT2D eigenvalue weighted by molar-refractivity contribution is 7.08. The number of allylic oxidation sites excluding steroid dienone is 1. The maximum atomic E-state index is 5.34. The van der Waals surface area contributed by atoms with E-state index in [1.54, 1.807) is 18.4 Å². The summed E-state index contributed by atoms with van der Waals surface area (Å²) in [7, 11) is 1.69. The van der Waals surface area contributed by atoms with Crippen molar-refractivity contribution in [1.82, 2.24) is 4.90 Å². The van der Waals surface area contributed by atoms with Gasteiger partial charge < -0.3 is 4.74 Å². The zero-order valence-corrected chi connectivity index (χ0v) is 21.6. The van der Waals surface area contributed by atoms with Crippen LogP contribution in [0.25, 0.3) is 23.3 Å². The van der Waals surface area contributed by atoms with E-state index >= 15 is 0 Å². The second-order valence-corrected chi connectivity index (χ2v) is 9.62. The Morgan fingerprint density at radius 1 is 1.00 bits per heavy atom. The topological polar surface area (TPSA) is 12.5 Å². The number of thiophene rings is 1. The molecule has 2 nitrogen and oxygen atoms in total. The summed E-state index contributed by atoms with van der Waals surface area (Å²) in [5.74, 6) is 6.23. The number of hydrogen-bond acceptors (Lipinski definition) is 3. The molecule has 0 atom stereocenters. The van der Waals surface area contributed by atoms with Gasteiger partial charge in [0.05, 0.1) is 0 Å². The van der Waals surface area contributed by atoms with E-state index in [4.69, 9.17) is 4.74 Å². The third-order valence-electron chi connectivity index (χ3n) is 5.55. The average molecular weight is 470 g/mol. The van der Waals surface area contributed by atoms with Crippen molar-refractivity contribution >= 4 is 23.5 Å². The van der Waals surface area contributed by atoms with Crippen molar-refractivity contribution in [3.8, 4) is 23.0 Å². The van der Waals surface area contributed by atoms with E-state index in [2.05, 4.69) is 107 Å². The van der Waals surface area contributed by atoms with Crippen LogP contribution in [0.15, 0.2) is 77.5 Å². The summed E-state index contributed by atoms with van der Waals surface area (Å²) in [6, 6.07) is 19.7. The molecule has 1 heterocycles. The van der Waals surface area contributed by atoms with Crippen molar-refractivity contribution < 1.29 is 4.74 Å². The highest BCUT2D eigenvalue weighted by Gasteiger charge is 2.10. The molecule has 0 aliphatic rings. The Hall–Kier alpha value is -2.90. The van der Waals surface area contributed by atoms with Gasteiger partial charge in [-0.2, -0.15) is 11.3 Å². The molecule has 0 aliphatic heterocycles. The van der Waals surface area contributed by atoms with Gasteiger partial charge in [0.15, 0.2) is 0 Å². The van der Waals surface area contributed by atoms with E-state index < -0.39 is 5.60 Å². The number of rotatable bonds is 10. The lowest BCUT2D eigenvalue weighted by molar-refractivity contribution is 0.0742. The minimum atomic E-state index is -0.410. The van der Waals surface area contributed by atoms with E-state index in [0.29, 0.717) is 0 Å². The van der Waals surface area contributed by atoms with Gasteiger partial charge in [-0.05, 0) is 83.6 Å². The molecule has 0 spiro atoms. The third kappa shape index (κ3) is 8.47. The first-order valence-electron chi connectivity index (χ1n) is 11.8. The van der Waals surface area contributed by atoms with E-state index in [1.165, 1.54) is 27.8 Å². The van der Waals surface area contributed by atoms with Gasteiger partial charge in [-0.3, -0.25) is 4.90 Å². The fourth-order valence-corrected chi connectivity index (χ4v) is 4.24. The van der Waals surface area contributed by atoms with Gasteiger partial charge in [0.2, 0.25) is 0 Å². The van der Waals surface area contributed by atoms with Gasteiger partial charge in [0.25, 0.3) is 0 Å². The number of nitrogens with zero attached hydrogens (tertiary/aromatic N) is 1. The van der Waals surface area contributed by atoms with Gasteiger partial charge in [-0.1, -0.05) is 79.5 Å². The molecule has 0 saturated heterocycles. The largest absolute Gasteiger partial charge is 0.366 e. The summed E-state index contributed by atoms with van der Waals surface area (Å²) in [4.78, 5) is 2.45. The SMILES string of the molecule is CCCN(CC=CC#CC(C)(C)OC)Cc1cccc(C=Cc2cccc(-c3ccsc3)c2)c1. The molecule has 0 radical (unpaired) electrons. The van der Waals surface area contributed by atoms with Crippen molar-refractivity contribution in [3.63, 3.8) is 0 Å². The van der Waals surface area contributed by atoms with Crippen LogP contribution in [-0.2, 0) is 11.3 Å². The number of ether oxygens (including phenoxy) is 1. The number of hydrogen-bond donors (Lipinski definition) is 0. The molecular formula is C31H35NOS. The van der Waals surface area contributed by atoms with Crippen LogP contribution >= 0.6 is 11.3 Å². The molecule has 0 N–H and O–H groups in total. The molecule has 0 bridgehead atoms. The van der Waals surface area contributed by atoms with E-state index in [0.717, 1.165) is 26.1 Å². The Labute approximate surface area is 209 Å². The van der Waals surface area contributed by atoms with Crippen LogP contribution in [0.3, 0.4) is 0 Å². The van der Waals surface area contributed by atoms with Crippen LogP contribution in [0.5, 0.6) is 0 Å². The minimum absolute atomic E-state index is 0.410. The normalized spacial score (nSPS) is 11.9. The zero-order chi connectivity index (χ0) is 24.2. The van der Waals surface area contributed by atoms with Gasteiger partial charge in [-0.15, -0.1) is 0 Å².